The molecule has 110 valence electrons. The fourth-order valence-electron chi connectivity index (χ4n) is 2.29. The molecule has 1 heterocycles. The monoisotopic (exact) mass is 283 g/mol. The number of carbonyl (C=O) groups excluding carboxylic acids is 1. The number of phenols is 1. The van der Waals surface area contributed by atoms with Gasteiger partial charge in [-0.2, -0.15) is 0 Å². The zero-order valence-electron chi connectivity index (χ0n) is 11.1. The summed E-state index contributed by atoms with van der Waals surface area (Å²) in [4.78, 5) is 13.8. The maximum atomic E-state index is 13.2. The molecule has 5 nitrogen and oxygen atoms in total. The summed E-state index contributed by atoms with van der Waals surface area (Å²) in [5.41, 5.74) is -0.0141. The third-order valence-corrected chi connectivity index (χ3v) is 3.36. The molecule has 0 bridgehead atoms. The number of carbonyl (C=O) groups is 1. The number of phenolic OH excluding ortho intramolecular Hbond substituents is 1. The van der Waals surface area contributed by atoms with E-state index in [2.05, 4.69) is 0 Å². The minimum Gasteiger partial charge on any atom is -0.507 e. The van der Waals surface area contributed by atoms with Crippen molar-refractivity contribution in [1.29, 1.82) is 0 Å². The molecule has 1 aliphatic heterocycles. The van der Waals surface area contributed by atoms with Gasteiger partial charge in [0.05, 0.1) is 24.9 Å². The topological polar surface area (TPSA) is 70.0 Å². The van der Waals surface area contributed by atoms with E-state index in [1.54, 1.807) is 4.90 Å². The number of amides is 1. The van der Waals surface area contributed by atoms with Gasteiger partial charge < -0.3 is 19.8 Å². The average molecular weight is 283 g/mol. The maximum Gasteiger partial charge on any atom is 0.257 e. The van der Waals surface area contributed by atoms with E-state index in [1.807, 2.05) is 0 Å². The molecule has 0 unspecified atom stereocenters. The number of halogens is 1. The fraction of sp³-hybridized carbons (Fsp3) is 0.500. The van der Waals surface area contributed by atoms with Crippen LogP contribution in [0.15, 0.2) is 18.2 Å². The van der Waals surface area contributed by atoms with Crippen molar-refractivity contribution >= 4 is 5.91 Å². The zero-order valence-corrected chi connectivity index (χ0v) is 11.1. The lowest BCUT2D eigenvalue weighted by atomic mass is 10.1. The van der Waals surface area contributed by atoms with E-state index in [4.69, 9.17) is 9.84 Å². The second-order valence-electron chi connectivity index (χ2n) is 4.75. The van der Waals surface area contributed by atoms with Gasteiger partial charge in [0.2, 0.25) is 0 Å². The fourth-order valence-corrected chi connectivity index (χ4v) is 2.29. The molecule has 0 spiro atoms. The van der Waals surface area contributed by atoms with Crippen LogP contribution in [-0.4, -0.2) is 53.4 Å². The molecular formula is C14H18FNO4. The molecule has 0 aliphatic carbocycles. The van der Waals surface area contributed by atoms with Crippen LogP contribution >= 0.6 is 0 Å². The number of likely N-dealkylation sites (tertiary alicyclic amines) is 1. The first-order valence-corrected chi connectivity index (χ1v) is 6.62. The number of ether oxygens (including phenoxy) is 1. The molecule has 1 fully saturated rings. The van der Waals surface area contributed by atoms with Crippen LogP contribution in [0.4, 0.5) is 4.39 Å². The number of benzene rings is 1. The first kappa shape index (κ1) is 14.7. The van der Waals surface area contributed by atoms with Gasteiger partial charge in [-0.05, 0) is 31.0 Å². The molecule has 0 saturated carbocycles. The van der Waals surface area contributed by atoms with Crippen LogP contribution in [0.1, 0.15) is 23.2 Å². The Bertz CT molecular complexity index is 472. The highest BCUT2D eigenvalue weighted by atomic mass is 19.1. The van der Waals surface area contributed by atoms with Gasteiger partial charge in [-0.1, -0.05) is 0 Å². The summed E-state index contributed by atoms with van der Waals surface area (Å²) in [5, 5.41) is 18.3. The lowest BCUT2D eigenvalue weighted by molar-refractivity contribution is -0.00559. The largest absolute Gasteiger partial charge is 0.507 e. The molecule has 0 atom stereocenters. The van der Waals surface area contributed by atoms with Gasteiger partial charge in [-0.15, -0.1) is 0 Å². The molecule has 1 aromatic carbocycles. The summed E-state index contributed by atoms with van der Waals surface area (Å²) in [7, 11) is 0. The van der Waals surface area contributed by atoms with Crippen LogP contribution in [0.3, 0.4) is 0 Å². The van der Waals surface area contributed by atoms with Crippen molar-refractivity contribution in [3.8, 4) is 5.75 Å². The van der Waals surface area contributed by atoms with Gasteiger partial charge in [0.15, 0.2) is 0 Å². The third-order valence-electron chi connectivity index (χ3n) is 3.36. The molecule has 20 heavy (non-hydrogen) atoms. The van der Waals surface area contributed by atoms with Gasteiger partial charge in [-0.3, -0.25) is 4.79 Å². The summed E-state index contributed by atoms with van der Waals surface area (Å²) < 4.78 is 18.6. The van der Waals surface area contributed by atoms with Crippen LogP contribution in [0.2, 0.25) is 0 Å². The van der Waals surface area contributed by atoms with Crippen LogP contribution in [0, 0.1) is 5.82 Å². The number of hydrogen-bond donors (Lipinski definition) is 2. The third kappa shape index (κ3) is 3.46. The molecule has 1 amide bonds. The molecule has 1 aliphatic rings. The van der Waals surface area contributed by atoms with Gasteiger partial charge in [0, 0.05) is 13.1 Å². The van der Waals surface area contributed by atoms with Gasteiger partial charge in [0.1, 0.15) is 11.6 Å². The van der Waals surface area contributed by atoms with Crippen molar-refractivity contribution in [3.05, 3.63) is 29.6 Å². The number of piperidine rings is 1. The summed E-state index contributed by atoms with van der Waals surface area (Å²) in [6.45, 7) is 1.26. The molecule has 1 saturated heterocycles. The van der Waals surface area contributed by atoms with Crippen molar-refractivity contribution in [2.75, 3.05) is 26.3 Å². The van der Waals surface area contributed by atoms with E-state index in [1.165, 1.54) is 6.07 Å². The predicted molar refractivity (Wildman–Crippen MR) is 70.0 cm³/mol. The molecule has 1 aromatic rings. The Morgan fingerprint density at radius 1 is 1.40 bits per heavy atom. The Morgan fingerprint density at radius 3 is 2.75 bits per heavy atom. The molecule has 2 rings (SSSR count). The van der Waals surface area contributed by atoms with Crippen LogP contribution < -0.4 is 0 Å². The highest BCUT2D eigenvalue weighted by Gasteiger charge is 2.25. The summed E-state index contributed by atoms with van der Waals surface area (Å²) in [6.07, 6.45) is 1.37. The lowest BCUT2D eigenvalue weighted by Gasteiger charge is -2.32. The van der Waals surface area contributed by atoms with Crippen LogP contribution in [-0.2, 0) is 4.74 Å². The Balaban J connectivity index is 1.96. The normalized spacial score (nSPS) is 16.4. The minimum atomic E-state index is -0.549. The highest BCUT2D eigenvalue weighted by molar-refractivity contribution is 5.96. The van der Waals surface area contributed by atoms with Crippen molar-refractivity contribution in [2.45, 2.75) is 18.9 Å². The number of aromatic hydroxyl groups is 1. The Kier molecular flexibility index (Phi) is 4.92. The number of rotatable bonds is 4. The van der Waals surface area contributed by atoms with Gasteiger partial charge in [0.25, 0.3) is 5.91 Å². The van der Waals surface area contributed by atoms with Crippen LogP contribution in [0.25, 0.3) is 0 Å². The summed E-state index contributed by atoms with van der Waals surface area (Å²) >= 11 is 0. The van der Waals surface area contributed by atoms with Crippen molar-refractivity contribution < 1.29 is 24.1 Å². The second kappa shape index (κ2) is 6.67. The van der Waals surface area contributed by atoms with E-state index >= 15 is 0 Å². The van der Waals surface area contributed by atoms with Crippen molar-refractivity contribution in [2.24, 2.45) is 0 Å². The molecular weight excluding hydrogens is 265 g/mol. The molecule has 0 radical (unpaired) electrons. The van der Waals surface area contributed by atoms with E-state index < -0.39 is 5.82 Å². The summed E-state index contributed by atoms with van der Waals surface area (Å²) in [6, 6.07) is 3.34. The highest BCUT2D eigenvalue weighted by Crippen LogP contribution is 2.22. The van der Waals surface area contributed by atoms with E-state index in [0.29, 0.717) is 32.5 Å². The van der Waals surface area contributed by atoms with Crippen molar-refractivity contribution in [1.82, 2.24) is 4.90 Å². The Hall–Kier alpha value is -1.66. The summed E-state index contributed by atoms with van der Waals surface area (Å²) in [5.74, 6) is -1.13. The maximum absolute atomic E-state index is 13.2. The van der Waals surface area contributed by atoms with Gasteiger partial charge in [-0.25, -0.2) is 4.39 Å². The number of hydrogen-bond acceptors (Lipinski definition) is 4. The minimum absolute atomic E-state index is 0.0141. The molecule has 0 aromatic heterocycles. The first-order valence-electron chi connectivity index (χ1n) is 6.62. The van der Waals surface area contributed by atoms with Crippen LogP contribution in [0.5, 0.6) is 5.75 Å². The number of aliphatic hydroxyl groups is 1. The standard InChI is InChI=1S/C14H18FNO4/c15-10-1-2-13(18)12(9-10)14(19)16-5-3-11(4-6-16)20-8-7-17/h1-2,9,11,17-18H,3-8H2. The van der Waals surface area contributed by atoms with Crippen molar-refractivity contribution in [3.63, 3.8) is 0 Å². The van der Waals surface area contributed by atoms with E-state index in [-0.39, 0.29) is 29.9 Å². The average Bonchev–Trinajstić information content (AvgIpc) is 2.47. The second-order valence-corrected chi connectivity index (χ2v) is 4.75. The lowest BCUT2D eigenvalue weighted by Crippen LogP contribution is -2.41. The zero-order chi connectivity index (χ0) is 14.5. The Labute approximate surface area is 116 Å². The first-order chi connectivity index (χ1) is 9.61. The molecule has 2 N–H and O–H groups in total. The predicted octanol–water partition coefficient (Wildman–Crippen LogP) is 1.14. The SMILES string of the molecule is O=C(c1cc(F)ccc1O)N1CCC(OCCO)CC1. The number of nitrogens with zero attached hydrogens (tertiary/aromatic N) is 1. The quantitative estimate of drug-likeness (QED) is 0.869. The van der Waals surface area contributed by atoms with E-state index in [0.717, 1.165) is 12.1 Å². The Morgan fingerprint density at radius 2 is 2.10 bits per heavy atom. The number of aliphatic hydroxyl groups excluding tert-OH is 1. The van der Waals surface area contributed by atoms with E-state index in [9.17, 15) is 14.3 Å². The van der Waals surface area contributed by atoms with Gasteiger partial charge >= 0.3 is 0 Å². The molecule has 6 heteroatoms. The smallest absolute Gasteiger partial charge is 0.257 e.